The SMILES string of the molecule is CC(C)[C@@H](NC(=O)C1(C)CCCCC1)C(=O)OC(C)(C)C. The lowest BCUT2D eigenvalue weighted by Crippen LogP contribution is -2.51. The standard InChI is InChI=1S/C17H31NO3/c1-12(2)13(14(19)21-16(3,4)5)18-15(20)17(6)10-8-7-9-11-17/h12-13H,7-11H2,1-6H3,(H,18,20)/t13-/m1/s1. The van der Waals surface area contributed by atoms with E-state index in [-0.39, 0.29) is 23.2 Å². The largest absolute Gasteiger partial charge is 0.458 e. The summed E-state index contributed by atoms with van der Waals surface area (Å²) in [5, 5.41) is 2.94. The predicted molar refractivity (Wildman–Crippen MR) is 83.8 cm³/mol. The highest BCUT2D eigenvalue weighted by Gasteiger charge is 2.38. The van der Waals surface area contributed by atoms with Crippen molar-refractivity contribution in [2.45, 2.75) is 85.3 Å². The van der Waals surface area contributed by atoms with Crippen molar-refractivity contribution in [1.29, 1.82) is 0 Å². The van der Waals surface area contributed by atoms with Gasteiger partial charge >= 0.3 is 5.97 Å². The second-order valence-corrected chi connectivity index (χ2v) is 7.85. The average Bonchev–Trinajstić information content (AvgIpc) is 2.33. The van der Waals surface area contributed by atoms with E-state index in [1.54, 1.807) is 0 Å². The number of hydrogen-bond acceptors (Lipinski definition) is 3. The Morgan fingerprint density at radius 2 is 1.62 bits per heavy atom. The Morgan fingerprint density at radius 3 is 2.05 bits per heavy atom. The maximum absolute atomic E-state index is 12.6. The molecule has 0 bridgehead atoms. The highest BCUT2D eigenvalue weighted by Crippen LogP contribution is 2.36. The molecule has 0 heterocycles. The van der Waals surface area contributed by atoms with Crippen molar-refractivity contribution >= 4 is 11.9 Å². The Morgan fingerprint density at radius 1 is 1.10 bits per heavy atom. The van der Waals surface area contributed by atoms with Gasteiger partial charge in [-0.1, -0.05) is 40.0 Å². The topological polar surface area (TPSA) is 55.4 Å². The summed E-state index contributed by atoms with van der Waals surface area (Å²) in [5.74, 6) is -0.340. The van der Waals surface area contributed by atoms with Crippen LogP contribution in [0.2, 0.25) is 0 Å². The van der Waals surface area contributed by atoms with Crippen LogP contribution in [0.25, 0.3) is 0 Å². The summed E-state index contributed by atoms with van der Waals surface area (Å²) in [5.41, 5.74) is -0.878. The quantitative estimate of drug-likeness (QED) is 0.809. The molecule has 4 heteroatoms. The van der Waals surface area contributed by atoms with Crippen LogP contribution in [0, 0.1) is 11.3 Å². The Labute approximate surface area is 129 Å². The molecule has 1 aliphatic rings. The lowest BCUT2D eigenvalue weighted by atomic mass is 9.75. The number of rotatable bonds is 4. The molecule has 1 rings (SSSR count). The monoisotopic (exact) mass is 297 g/mol. The van der Waals surface area contributed by atoms with Crippen molar-refractivity contribution in [2.75, 3.05) is 0 Å². The van der Waals surface area contributed by atoms with Gasteiger partial charge in [0.25, 0.3) is 0 Å². The molecular formula is C17H31NO3. The molecule has 1 atom stereocenters. The van der Waals surface area contributed by atoms with Crippen molar-refractivity contribution < 1.29 is 14.3 Å². The fraction of sp³-hybridized carbons (Fsp3) is 0.882. The minimum atomic E-state index is -0.574. The number of hydrogen-bond donors (Lipinski definition) is 1. The van der Waals surface area contributed by atoms with Crippen molar-refractivity contribution in [3.05, 3.63) is 0 Å². The van der Waals surface area contributed by atoms with Gasteiger partial charge in [0.15, 0.2) is 0 Å². The van der Waals surface area contributed by atoms with Gasteiger partial charge in [-0.05, 0) is 39.5 Å². The zero-order valence-corrected chi connectivity index (χ0v) is 14.4. The van der Waals surface area contributed by atoms with Crippen LogP contribution in [0.3, 0.4) is 0 Å². The first-order chi connectivity index (χ1) is 9.55. The van der Waals surface area contributed by atoms with Crippen molar-refractivity contribution in [3.8, 4) is 0 Å². The third-order valence-corrected chi connectivity index (χ3v) is 4.12. The van der Waals surface area contributed by atoms with Gasteiger partial charge in [0.05, 0.1) is 0 Å². The average molecular weight is 297 g/mol. The predicted octanol–water partition coefficient (Wildman–Crippen LogP) is 3.44. The van der Waals surface area contributed by atoms with Crippen LogP contribution in [0.1, 0.15) is 73.6 Å². The number of ether oxygens (including phenoxy) is 1. The Kier molecular flexibility index (Phi) is 5.83. The van der Waals surface area contributed by atoms with E-state index >= 15 is 0 Å². The molecule has 0 aromatic carbocycles. The fourth-order valence-corrected chi connectivity index (χ4v) is 2.74. The molecule has 0 saturated heterocycles. The summed E-state index contributed by atoms with van der Waals surface area (Å²) in [6, 6.07) is -0.574. The summed E-state index contributed by atoms with van der Waals surface area (Å²) in [6.45, 7) is 11.4. The fourth-order valence-electron chi connectivity index (χ4n) is 2.74. The number of nitrogens with one attached hydrogen (secondary N) is 1. The number of amides is 1. The first kappa shape index (κ1) is 18.0. The smallest absolute Gasteiger partial charge is 0.329 e. The minimum Gasteiger partial charge on any atom is -0.458 e. The van der Waals surface area contributed by atoms with Gasteiger partial charge in [-0.25, -0.2) is 4.79 Å². The second kappa shape index (κ2) is 6.80. The molecule has 1 fully saturated rings. The van der Waals surface area contributed by atoms with Crippen molar-refractivity contribution in [2.24, 2.45) is 11.3 Å². The number of esters is 1. The molecule has 1 N–H and O–H groups in total. The molecule has 0 aromatic heterocycles. The lowest BCUT2D eigenvalue weighted by molar-refractivity contribution is -0.160. The first-order valence-corrected chi connectivity index (χ1v) is 8.09. The number of carbonyl (C=O) groups is 2. The lowest BCUT2D eigenvalue weighted by Gasteiger charge is -2.34. The van der Waals surface area contributed by atoms with Gasteiger partial charge in [-0.2, -0.15) is 0 Å². The normalized spacial score (nSPS) is 20.0. The molecule has 1 aliphatic carbocycles. The molecule has 1 saturated carbocycles. The van der Waals surface area contributed by atoms with Crippen molar-refractivity contribution in [1.82, 2.24) is 5.32 Å². The van der Waals surface area contributed by atoms with E-state index in [1.807, 2.05) is 41.5 Å². The van der Waals surface area contributed by atoms with E-state index in [0.29, 0.717) is 0 Å². The Balaban J connectivity index is 2.74. The van der Waals surface area contributed by atoms with Crippen LogP contribution in [0.15, 0.2) is 0 Å². The molecule has 0 aromatic rings. The Bertz CT molecular complexity index is 376. The van der Waals surface area contributed by atoms with Crippen LogP contribution in [-0.2, 0) is 14.3 Å². The molecule has 0 spiro atoms. The number of carbonyl (C=O) groups excluding carboxylic acids is 2. The minimum absolute atomic E-state index is 0.00763. The maximum Gasteiger partial charge on any atom is 0.329 e. The summed E-state index contributed by atoms with van der Waals surface area (Å²) in [6.07, 6.45) is 5.17. The van der Waals surface area contributed by atoms with Crippen LogP contribution in [-0.4, -0.2) is 23.5 Å². The molecule has 122 valence electrons. The molecule has 1 amide bonds. The molecule has 21 heavy (non-hydrogen) atoms. The summed E-state index contributed by atoms with van der Waals surface area (Å²) in [4.78, 5) is 24.9. The van der Waals surface area contributed by atoms with E-state index in [9.17, 15) is 9.59 Å². The zero-order chi connectivity index (χ0) is 16.3. The summed E-state index contributed by atoms with van der Waals surface area (Å²) >= 11 is 0. The van der Waals surface area contributed by atoms with Crippen LogP contribution in [0.4, 0.5) is 0 Å². The van der Waals surface area contributed by atoms with Gasteiger partial charge in [0.2, 0.25) is 5.91 Å². The van der Waals surface area contributed by atoms with Gasteiger partial charge in [0, 0.05) is 5.41 Å². The van der Waals surface area contributed by atoms with Crippen LogP contribution >= 0.6 is 0 Å². The third-order valence-electron chi connectivity index (χ3n) is 4.12. The van der Waals surface area contributed by atoms with Gasteiger partial charge < -0.3 is 10.1 Å². The first-order valence-electron chi connectivity index (χ1n) is 8.09. The van der Waals surface area contributed by atoms with Gasteiger partial charge in [-0.15, -0.1) is 0 Å². The van der Waals surface area contributed by atoms with E-state index in [2.05, 4.69) is 5.32 Å². The van der Waals surface area contributed by atoms with E-state index in [4.69, 9.17) is 4.74 Å². The van der Waals surface area contributed by atoms with E-state index in [1.165, 1.54) is 6.42 Å². The molecular weight excluding hydrogens is 266 g/mol. The highest BCUT2D eigenvalue weighted by atomic mass is 16.6. The molecule has 0 aliphatic heterocycles. The molecule has 4 nitrogen and oxygen atoms in total. The zero-order valence-electron chi connectivity index (χ0n) is 14.4. The Hall–Kier alpha value is -1.06. The van der Waals surface area contributed by atoms with E-state index < -0.39 is 11.6 Å². The third kappa shape index (κ3) is 5.33. The summed E-state index contributed by atoms with van der Waals surface area (Å²) < 4.78 is 5.43. The molecule has 0 unspecified atom stereocenters. The van der Waals surface area contributed by atoms with Crippen LogP contribution in [0.5, 0.6) is 0 Å². The van der Waals surface area contributed by atoms with E-state index in [0.717, 1.165) is 25.7 Å². The highest BCUT2D eigenvalue weighted by molar-refractivity contribution is 5.88. The second-order valence-electron chi connectivity index (χ2n) is 7.85. The van der Waals surface area contributed by atoms with Crippen molar-refractivity contribution in [3.63, 3.8) is 0 Å². The van der Waals surface area contributed by atoms with Crippen LogP contribution < -0.4 is 5.32 Å². The van der Waals surface area contributed by atoms with Gasteiger partial charge in [-0.3, -0.25) is 4.79 Å². The summed E-state index contributed by atoms with van der Waals surface area (Å²) in [7, 11) is 0. The van der Waals surface area contributed by atoms with Gasteiger partial charge in [0.1, 0.15) is 11.6 Å². The molecule has 0 radical (unpaired) electrons. The maximum atomic E-state index is 12.6.